The van der Waals surface area contributed by atoms with Crippen molar-refractivity contribution >= 4 is 11.8 Å². The van der Waals surface area contributed by atoms with Crippen molar-refractivity contribution in [3.05, 3.63) is 29.3 Å². The number of hydrogen-bond acceptors (Lipinski definition) is 2. The summed E-state index contributed by atoms with van der Waals surface area (Å²) in [7, 11) is 0. The maximum absolute atomic E-state index is 11.3. The Kier molecular flexibility index (Phi) is 3.45. The third kappa shape index (κ3) is 2.42. The van der Waals surface area contributed by atoms with Crippen LogP contribution < -0.4 is 5.73 Å². The van der Waals surface area contributed by atoms with Gasteiger partial charge in [-0.3, -0.25) is 0 Å². The summed E-state index contributed by atoms with van der Waals surface area (Å²) in [4.78, 5) is 12.9. The van der Waals surface area contributed by atoms with E-state index in [4.69, 9.17) is 5.73 Å². The molecule has 1 atom stereocenters. The number of rotatable bonds is 2. The van der Waals surface area contributed by atoms with Gasteiger partial charge in [-0.1, -0.05) is 19.9 Å². The Bertz CT molecular complexity index is 457. The van der Waals surface area contributed by atoms with Crippen molar-refractivity contribution in [3.63, 3.8) is 0 Å². The Balaban J connectivity index is 2.38. The summed E-state index contributed by atoms with van der Waals surface area (Å²) in [6.45, 7) is 4.79. The van der Waals surface area contributed by atoms with Crippen LogP contribution in [0, 0.1) is 5.92 Å². The van der Waals surface area contributed by atoms with Crippen LogP contribution in [0.5, 0.6) is 0 Å². The molecule has 0 spiro atoms. The molecule has 0 radical (unpaired) electrons. The van der Waals surface area contributed by atoms with Crippen molar-refractivity contribution < 1.29 is 9.90 Å². The Labute approximate surface area is 107 Å². The van der Waals surface area contributed by atoms with Crippen LogP contribution >= 0.6 is 0 Å². The van der Waals surface area contributed by atoms with Crippen LogP contribution in [0.1, 0.15) is 37.4 Å². The lowest BCUT2D eigenvalue weighted by atomic mass is 9.87. The molecule has 1 aromatic rings. The third-order valence-corrected chi connectivity index (χ3v) is 3.46. The molecule has 1 aliphatic rings. The van der Waals surface area contributed by atoms with Gasteiger partial charge in [-0.25, -0.2) is 4.79 Å². The fraction of sp³-hybridized carbons (Fsp3) is 0.500. The fourth-order valence-corrected chi connectivity index (χ4v) is 2.66. The summed E-state index contributed by atoms with van der Waals surface area (Å²) in [5, 5.41) is 9.30. The van der Waals surface area contributed by atoms with E-state index in [1.165, 1.54) is 5.56 Å². The first-order valence-corrected chi connectivity index (χ1v) is 6.37. The molecule has 0 aliphatic carbocycles. The van der Waals surface area contributed by atoms with Gasteiger partial charge in [-0.05, 0) is 42.0 Å². The highest BCUT2D eigenvalue weighted by Gasteiger charge is 2.30. The molecule has 3 N–H and O–H groups in total. The Hall–Kier alpha value is -1.71. The van der Waals surface area contributed by atoms with Crippen molar-refractivity contribution in [1.82, 2.24) is 4.90 Å². The van der Waals surface area contributed by atoms with Gasteiger partial charge in [-0.2, -0.15) is 0 Å². The number of amides is 1. The molecule has 98 valence electrons. The SMILES string of the molecule is CC(C)CC1c2ccc(N)cc2CCN1C(=O)O. The second kappa shape index (κ2) is 4.88. The topological polar surface area (TPSA) is 66.6 Å². The van der Waals surface area contributed by atoms with Crippen molar-refractivity contribution in [2.45, 2.75) is 32.7 Å². The first kappa shape index (κ1) is 12.7. The summed E-state index contributed by atoms with van der Waals surface area (Å²) >= 11 is 0. The third-order valence-electron chi connectivity index (χ3n) is 3.46. The van der Waals surface area contributed by atoms with Crippen LogP contribution in [0.4, 0.5) is 10.5 Å². The number of nitrogens with two attached hydrogens (primary N) is 1. The van der Waals surface area contributed by atoms with Gasteiger partial charge in [0.25, 0.3) is 0 Å². The Morgan fingerprint density at radius 1 is 1.56 bits per heavy atom. The predicted molar refractivity (Wildman–Crippen MR) is 71.5 cm³/mol. The molecule has 1 amide bonds. The molecule has 4 nitrogen and oxygen atoms in total. The van der Waals surface area contributed by atoms with E-state index in [0.717, 1.165) is 24.1 Å². The van der Waals surface area contributed by atoms with Gasteiger partial charge in [-0.15, -0.1) is 0 Å². The van der Waals surface area contributed by atoms with Crippen molar-refractivity contribution in [3.8, 4) is 0 Å². The first-order valence-electron chi connectivity index (χ1n) is 6.37. The van der Waals surface area contributed by atoms with Gasteiger partial charge in [0.2, 0.25) is 0 Å². The lowest BCUT2D eigenvalue weighted by Gasteiger charge is -2.36. The van der Waals surface area contributed by atoms with Crippen LogP contribution in [-0.2, 0) is 6.42 Å². The van der Waals surface area contributed by atoms with E-state index in [2.05, 4.69) is 13.8 Å². The van der Waals surface area contributed by atoms with Crippen LogP contribution in [0.25, 0.3) is 0 Å². The molecule has 2 rings (SSSR count). The number of anilines is 1. The number of carboxylic acid groups (broad SMARTS) is 1. The molecule has 0 saturated carbocycles. The van der Waals surface area contributed by atoms with Crippen molar-refractivity contribution in [1.29, 1.82) is 0 Å². The summed E-state index contributed by atoms with van der Waals surface area (Å²) in [6, 6.07) is 5.78. The fourth-order valence-electron chi connectivity index (χ4n) is 2.66. The largest absolute Gasteiger partial charge is 0.465 e. The van der Waals surface area contributed by atoms with Crippen LogP contribution in [0.3, 0.4) is 0 Å². The standard InChI is InChI=1S/C14H20N2O2/c1-9(2)7-13-12-4-3-11(15)8-10(12)5-6-16(13)14(17)18/h3-4,8-9,13H,5-7,15H2,1-2H3,(H,17,18). The summed E-state index contributed by atoms with van der Waals surface area (Å²) in [6.07, 6.45) is 0.771. The minimum atomic E-state index is -0.830. The van der Waals surface area contributed by atoms with E-state index in [1.54, 1.807) is 4.90 Å². The van der Waals surface area contributed by atoms with E-state index >= 15 is 0 Å². The lowest BCUT2D eigenvalue weighted by Crippen LogP contribution is -2.39. The summed E-state index contributed by atoms with van der Waals surface area (Å²) in [5.41, 5.74) is 8.85. The number of benzene rings is 1. The lowest BCUT2D eigenvalue weighted by molar-refractivity contribution is 0.113. The van der Waals surface area contributed by atoms with Gasteiger partial charge in [0.15, 0.2) is 0 Å². The predicted octanol–water partition coefficient (Wildman–Crippen LogP) is 2.89. The van der Waals surface area contributed by atoms with Crippen LogP contribution in [0.2, 0.25) is 0 Å². The minimum absolute atomic E-state index is 0.0353. The number of nitrogen functional groups attached to an aromatic ring is 1. The molecule has 0 saturated heterocycles. The Morgan fingerprint density at radius 3 is 2.89 bits per heavy atom. The van der Waals surface area contributed by atoms with Gasteiger partial charge in [0, 0.05) is 12.2 Å². The molecule has 1 heterocycles. The number of hydrogen-bond donors (Lipinski definition) is 2. The highest BCUT2D eigenvalue weighted by atomic mass is 16.4. The molecular formula is C14H20N2O2. The summed E-state index contributed by atoms with van der Waals surface area (Å²) < 4.78 is 0. The molecule has 0 bridgehead atoms. The van der Waals surface area contributed by atoms with Crippen molar-refractivity contribution in [2.24, 2.45) is 5.92 Å². The number of fused-ring (bicyclic) bond motifs is 1. The molecule has 1 aliphatic heterocycles. The maximum atomic E-state index is 11.3. The van der Waals surface area contributed by atoms with Crippen molar-refractivity contribution in [2.75, 3.05) is 12.3 Å². The van der Waals surface area contributed by atoms with E-state index in [0.29, 0.717) is 12.5 Å². The van der Waals surface area contributed by atoms with Gasteiger partial charge >= 0.3 is 6.09 Å². The number of nitrogens with zero attached hydrogens (tertiary/aromatic N) is 1. The monoisotopic (exact) mass is 248 g/mol. The average molecular weight is 248 g/mol. The normalized spacial score (nSPS) is 18.8. The second-order valence-electron chi connectivity index (χ2n) is 5.33. The van der Waals surface area contributed by atoms with E-state index in [1.807, 2.05) is 18.2 Å². The van der Waals surface area contributed by atoms with Gasteiger partial charge in [0.05, 0.1) is 6.04 Å². The highest BCUT2D eigenvalue weighted by molar-refractivity contribution is 5.67. The molecule has 1 unspecified atom stereocenters. The first-order chi connectivity index (χ1) is 8.49. The molecular weight excluding hydrogens is 228 g/mol. The Morgan fingerprint density at radius 2 is 2.28 bits per heavy atom. The molecule has 4 heteroatoms. The zero-order valence-electron chi connectivity index (χ0n) is 10.9. The second-order valence-corrected chi connectivity index (χ2v) is 5.33. The van der Waals surface area contributed by atoms with Crippen LogP contribution in [-0.4, -0.2) is 22.6 Å². The zero-order valence-corrected chi connectivity index (χ0v) is 10.9. The van der Waals surface area contributed by atoms with Gasteiger partial charge < -0.3 is 15.7 Å². The maximum Gasteiger partial charge on any atom is 0.407 e. The minimum Gasteiger partial charge on any atom is -0.465 e. The van der Waals surface area contributed by atoms with Crippen LogP contribution in [0.15, 0.2) is 18.2 Å². The summed E-state index contributed by atoms with van der Waals surface area (Å²) in [5.74, 6) is 0.459. The van der Waals surface area contributed by atoms with E-state index in [-0.39, 0.29) is 6.04 Å². The molecule has 0 aromatic heterocycles. The quantitative estimate of drug-likeness (QED) is 0.791. The molecule has 1 aromatic carbocycles. The highest BCUT2D eigenvalue weighted by Crippen LogP contribution is 2.35. The number of carbonyl (C=O) groups is 1. The zero-order chi connectivity index (χ0) is 13.3. The van der Waals surface area contributed by atoms with E-state index in [9.17, 15) is 9.90 Å². The smallest absolute Gasteiger partial charge is 0.407 e. The average Bonchev–Trinajstić information content (AvgIpc) is 2.27. The van der Waals surface area contributed by atoms with Gasteiger partial charge in [0.1, 0.15) is 0 Å². The molecule has 18 heavy (non-hydrogen) atoms. The van der Waals surface area contributed by atoms with E-state index < -0.39 is 6.09 Å². The molecule has 0 fully saturated rings.